The molecule has 0 aromatic heterocycles. The third-order valence-corrected chi connectivity index (χ3v) is 5.62. The molecule has 0 spiro atoms. The van der Waals surface area contributed by atoms with Crippen LogP contribution < -0.4 is 0 Å². The maximum Gasteiger partial charge on any atom is 0.342 e. The summed E-state index contributed by atoms with van der Waals surface area (Å²) in [6.07, 6.45) is 7.80. The number of carbonyl (C=O) groups is 1. The van der Waals surface area contributed by atoms with Crippen LogP contribution in [0.2, 0.25) is 5.02 Å². The van der Waals surface area contributed by atoms with E-state index in [0.717, 1.165) is 30.9 Å². The Morgan fingerprint density at radius 2 is 1.94 bits per heavy atom. The average molecular weight is 458 g/mol. The normalized spacial score (nSPS) is 20.1. The summed E-state index contributed by atoms with van der Waals surface area (Å²) in [6.45, 7) is 2.09. The molecule has 0 saturated heterocycles. The standard InChI is InChI=1S/C25H28ClNO5/c1-17-10-6-3-2-4-9-13-19(27-31-16-18-11-7-5-8-12-18)14-20-23(25(30)32-17)21(28)15-22(29)24(20)26/h3,5-8,11-12,15,17,28-29H,2,4,9-10,13-14,16H2,1H3/b6-3+,27-19+/t17-/m1/s1. The van der Waals surface area contributed by atoms with Crippen molar-refractivity contribution in [1.82, 2.24) is 0 Å². The lowest BCUT2D eigenvalue weighted by molar-refractivity contribution is 0.0343. The highest BCUT2D eigenvalue weighted by atomic mass is 35.5. The van der Waals surface area contributed by atoms with Crippen molar-refractivity contribution in [2.45, 2.75) is 58.2 Å². The predicted octanol–water partition coefficient (Wildman–Crippen LogP) is 5.93. The smallest absolute Gasteiger partial charge is 0.342 e. The van der Waals surface area contributed by atoms with E-state index in [1.807, 2.05) is 36.4 Å². The summed E-state index contributed by atoms with van der Waals surface area (Å²) in [6, 6.07) is 10.7. The molecule has 2 N–H and O–H groups in total. The number of allylic oxidation sites excluding steroid dienone is 1. The molecule has 1 aliphatic heterocycles. The van der Waals surface area contributed by atoms with E-state index in [1.165, 1.54) is 0 Å². The zero-order valence-corrected chi connectivity index (χ0v) is 18.8. The van der Waals surface area contributed by atoms with Gasteiger partial charge in [-0.1, -0.05) is 59.2 Å². The van der Waals surface area contributed by atoms with Crippen LogP contribution in [0.4, 0.5) is 0 Å². The van der Waals surface area contributed by atoms with Crippen LogP contribution in [0.3, 0.4) is 0 Å². The molecule has 0 unspecified atom stereocenters. The highest BCUT2D eigenvalue weighted by Gasteiger charge is 2.26. The first-order chi connectivity index (χ1) is 15.5. The lowest BCUT2D eigenvalue weighted by Crippen LogP contribution is -2.18. The summed E-state index contributed by atoms with van der Waals surface area (Å²) < 4.78 is 5.51. The molecule has 2 aromatic rings. The summed E-state index contributed by atoms with van der Waals surface area (Å²) in [4.78, 5) is 18.4. The fourth-order valence-electron chi connectivity index (χ4n) is 3.51. The van der Waals surface area contributed by atoms with Gasteiger partial charge in [-0.05, 0) is 43.7 Å². The van der Waals surface area contributed by atoms with Gasteiger partial charge in [0.1, 0.15) is 29.8 Å². The minimum atomic E-state index is -0.693. The number of halogens is 1. The number of benzene rings is 2. The Bertz CT molecular complexity index is 988. The number of hydrogen-bond donors (Lipinski definition) is 2. The molecular formula is C25H28ClNO5. The van der Waals surface area contributed by atoms with Crippen LogP contribution in [0.5, 0.6) is 11.5 Å². The average Bonchev–Trinajstić information content (AvgIpc) is 2.76. The van der Waals surface area contributed by atoms with Crippen molar-refractivity contribution >= 4 is 23.3 Å². The summed E-state index contributed by atoms with van der Waals surface area (Å²) in [7, 11) is 0. The summed E-state index contributed by atoms with van der Waals surface area (Å²) in [5, 5.41) is 24.9. The van der Waals surface area contributed by atoms with Crippen LogP contribution >= 0.6 is 11.6 Å². The zero-order chi connectivity index (χ0) is 22.9. The van der Waals surface area contributed by atoms with Crippen molar-refractivity contribution in [3.8, 4) is 11.5 Å². The lowest BCUT2D eigenvalue weighted by atomic mass is 9.97. The van der Waals surface area contributed by atoms with Gasteiger partial charge in [0.2, 0.25) is 0 Å². The summed E-state index contributed by atoms with van der Waals surface area (Å²) in [5.74, 6) is -1.38. The van der Waals surface area contributed by atoms with Crippen LogP contribution in [-0.4, -0.2) is 28.0 Å². The minimum Gasteiger partial charge on any atom is -0.507 e. The number of phenolic OH excluding ortho intramolecular Hbond substituents is 2. The fraction of sp³-hybridized carbons (Fsp3) is 0.360. The Morgan fingerprint density at radius 3 is 2.72 bits per heavy atom. The zero-order valence-electron chi connectivity index (χ0n) is 18.1. The number of oxime groups is 1. The largest absolute Gasteiger partial charge is 0.507 e. The highest BCUT2D eigenvalue weighted by Crippen LogP contribution is 2.37. The van der Waals surface area contributed by atoms with E-state index < -0.39 is 5.97 Å². The lowest BCUT2D eigenvalue weighted by Gasteiger charge is -2.18. The van der Waals surface area contributed by atoms with Gasteiger partial charge in [0.05, 0.1) is 10.7 Å². The van der Waals surface area contributed by atoms with Gasteiger partial charge in [0.25, 0.3) is 0 Å². The van der Waals surface area contributed by atoms with Crippen molar-refractivity contribution in [1.29, 1.82) is 0 Å². The molecule has 1 aliphatic rings. The summed E-state index contributed by atoms with van der Waals surface area (Å²) in [5.41, 5.74) is 1.86. The van der Waals surface area contributed by atoms with Crippen molar-refractivity contribution in [3.05, 3.63) is 70.3 Å². The number of rotatable bonds is 3. The molecule has 6 nitrogen and oxygen atoms in total. The maximum atomic E-state index is 12.9. The molecule has 170 valence electrons. The number of ether oxygens (including phenoxy) is 1. The first-order valence-electron chi connectivity index (χ1n) is 10.8. The molecule has 1 heterocycles. The van der Waals surface area contributed by atoms with Gasteiger partial charge in [0.15, 0.2) is 0 Å². The van der Waals surface area contributed by atoms with Crippen LogP contribution in [0.1, 0.15) is 60.5 Å². The monoisotopic (exact) mass is 457 g/mol. The van der Waals surface area contributed by atoms with Crippen molar-refractivity contribution in [2.75, 3.05) is 0 Å². The molecular weight excluding hydrogens is 430 g/mol. The van der Waals surface area contributed by atoms with Gasteiger partial charge in [0, 0.05) is 18.9 Å². The van der Waals surface area contributed by atoms with E-state index in [1.54, 1.807) is 6.92 Å². The van der Waals surface area contributed by atoms with Gasteiger partial charge < -0.3 is 19.8 Å². The van der Waals surface area contributed by atoms with E-state index >= 15 is 0 Å². The second kappa shape index (κ2) is 11.6. The maximum absolute atomic E-state index is 12.9. The third kappa shape index (κ3) is 6.50. The highest BCUT2D eigenvalue weighted by molar-refractivity contribution is 6.33. The second-order valence-corrected chi connectivity index (χ2v) is 8.22. The Labute approximate surface area is 193 Å². The van der Waals surface area contributed by atoms with E-state index in [2.05, 4.69) is 11.2 Å². The van der Waals surface area contributed by atoms with Crippen LogP contribution in [-0.2, 0) is 22.6 Å². The number of nitrogens with zero attached hydrogens (tertiary/aromatic N) is 1. The van der Waals surface area contributed by atoms with Crippen LogP contribution in [0.25, 0.3) is 0 Å². The fourth-order valence-corrected chi connectivity index (χ4v) is 3.72. The molecule has 0 amide bonds. The Balaban J connectivity index is 1.93. The van der Waals surface area contributed by atoms with Crippen molar-refractivity contribution in [2.24, 2.45) is 5.16 Å². The first-order valence-corrected chi connectivity index (χ1v) is 11.1. The van der Waals surface area contributed by atoms with E-state index in [-0.39, 0.29) is 40.2 Å². The van der Waals surface area contributed by atoms with Crippen LogP contribution in [0, 0.1) is 0 Å². The topological polar surface area (TPSA) is 88.4 Å². The third-order valence-electron chi connectivity index (χ3n) is 5.20. The molecule has 0 bridgehead atoms. The van der Waals surface area contributed by atoms with Crippen LogP contribution in [0.15, 0.2) is 53.7 Å². The van der Waals surface area contributed by atoms with E-state index in [9.17, 15) is 15.0 Å². The van der Waals surface area contributed by atoms with Gasteiger partial charge in [-0.25, -0.2) is 4.79 Å². The molecule has 0 saturated carbocycles. The molecule has 1 atom stereocenters. The minimum absolute atomic E-state index is 0.00912. The molecule has 32 heavy (non-hydrogen) atoms. The Hall–Kier alpha value is -2.99. The molecule has 7 heteroatoms. The van der Waals surface area contributed by atoms with Gasteiger partial charge in [-0.2, -0.15) is 0 Å². The molecule has 2 aromatic carbocycles. The second-order valence-electron chi connectivity index (χ2n) is 7.84. The number of phenols is 2. The number of cyclic esters (lactones) is 1. The van der Waals surface area contributed by atoms with Gasteiger partial charge >= 0.3 is 5.97 Å². The molecule has 0 aliphatic carbocycles. The quantitative estimate of drug-likeness (QED) is 0.338. The number of aromatic hydroxyl groups is 2. The van der Waals surface area contributed by atoms with Gasteiger partial charge in [-0.15, -0.1) is 0 Å². The van der Waals surface area contributed by atoms with Crippen molar-refractivity contribution < 1.29 is 24.6 Å². The number of hydrogen-bond acceptors (Lipinski definition) is 6. The van der Waals surface area contributed by atoms with Gasteiger partial charge in [-0.3, -0.25) is 0 Å². The van der Waals surface area contributed by atoms with E-state index in [0.29, 0.717) is 25.2 Å². The number of fused-ring (bicyclic) bond motifs is 1. The SMILES string of the molecule is C[C@@H]1C/C=C/CCCC/C(=N\OCc2ccccc2)Cc2c(Cl)c(O)cc(O)c2C(=O)O1. The number of carbonyl (C=O) groups excluding carboxylic acids is 1. The Kier molecular flexibility index (Phi) is 8.56. The molecule has 0 radical (unpaired) electrons. The molecule has 3 rings (SSSR count). The summed E-state index contributed by atoms with van der Waals surface area (Å²) >= 11 is 6.36. The molecule has 0 fully saturated rings. The number of esters is 1. The van der Waals surface area contributed by atoms with E-state index in [4.69, 9.17) is 21.2 Å². The first kappa shape index (κ1) is 23.7. The van der Waals surface area contributed by atoms with Crippen molar-refractivity contribution in [3.63, 3.8) is 0 Å². The Morgan fingerprint density at radius 1 is 1.16 bits per heavy atom. The predicted molar refractivity (Wildman–Crippen MR) is 124 cm³/mol.